The fourth-order valence-electron chi connectivity index (χ4n) is 2.53. The normalized spacial score (nSPS) is 11.9. The standard InChI is InChI=1S/C17H20N4O2S/c1-14-10-17-18-11-16(12-21(17)20-14)8-5-9-19-24(22,23)13-15-6-3-2-4-7-15/h2-4,6-7,10-12,19H,5,8-9,13H2,1H3. The molecule has 24 heavy (non-hydrogen) atoms. The summed E-state index contributed by atoms with van der Waals surface area (Å²) < 4.78 is 28.5. The molecule has 1 N–H and O–H groups in total. The van der Waals surface area contributed by atoms with E-state index in [0.29, 0.717) is 13.0 Å². The van der Waals surface area contributed by atoms with Gasteiger partial charge in [-0.1, -0.05) is 30.3 Å². The molecule has 3 aromatic rings. The zero-order valence-corrected chi connectivity index (χ0v) is 14.3. The summed E-state index contributed by atoms with van der Waals surface area (Å²) in [6, 6.07) is 11.1. The van der Waals surface area contributed by atoms with Gasteiger partial charge in [0.2, 0.25) is 10.0 Å². The topological polar surface area (TPSA) is 76.4 Å². The number of rotatable bonds is 7. The fourth-order valence-corrected chi connectivity index (χ4v) is 3.72. The molecule has 6 nitrogen and oxygen atoms in total. The number of fused-ring (bicyclic) bond motifs is 1. The van der Waals surface area contributed by atoms with Crippen LogP contribution in [0.1, 0.15) is 23.2 Å². The summed E-state index contributed by atoms with van der Waals surface area (Å²) in [6.45, 7) is 2.33. The van der Waals surface area contributed by atoms with Gasteiger partial charge in [0.25, 0.3) is 0 Å². The van der Waals surface area contributed by atoms with Gasteiger partial charge in [0.1, 0.15) is 0 Å². The Morgan fingerprint density at radius 1 is 1.17 bits per heavy atom. The third-order valence-electron chi connectivity index (χ3n) is 3.65. The average molecular weight is 344 g/mol. The second-order valence-corrected chi connectivity index (χ2v) is 7.60. The first-order valence-electron chi connectivity index (χ1n) is 7.84. The van der Waals surface area contributed by atoms with E-state index in [1.54, 1.807) is 4.52 Å². The smallest absolute Gasteiger partial charge is 0.215 e. The highest BCUT2D eigenvalue weighted by Gasteiger charge is 2.10. The number of nitrogens with zero attached hydrogens (tertiary/aromatic N) is 3. The van der Waals surface area contributed by atoms with E-state index < -0.39 is 10.0 Å². The first-order valence-corrected chi connectivity index (χ1v) is 9.49. The van der Waals surface area contributed by atoms with Gasteiger partial charge in [-0.05, 0) is 30.9 Å². The van der Waals surface area contributed by atoms with E-state index in [1.165, 1.54) is 0 Å². The van der Waals surface area contributed by atoms with Crippen molar-refractivity contribution in [3.8, 4) is 0 Å². The van der Waals surface area contributed by atoms with Gasteiger partial charge in [-0.25, -0.2) is 22.6 Å². The van der Waals surface area contributed by atoms with Gasteiger partial charge in [-0.2, -0.15) is 5.10 Å². The number of aryl methyl sites for hydroxylation is 2. The monoisotopic (exact) mass is 344 g/mol. The first kappa shape index (κ1) is 16.6. The minimum atomic E-state index is -3.30. The van der Waals surface area contributed by atoms with E-state index in [4.69, 9.17) is 0 Å². The molecule has 3 rings (SSSR count). The third kappa shape index (κ3) is 4.39. The van der Waals surface area contributed by atoms with Crippen molar-refractivity contribution in [1.29, 1.82) is 0 Å². The molecular formula is C17H20N4O2S. The van der Waals surface area contributed by atoms with Crippen molar-refractivity contribution in [2.75, 3.05) is 6.54 Å². The van der Waals surface area contributed by atoms with Crippen molar-refractivity contribution < 1.29 is 8.42 Å². The quantitative estimate of drug-likeness (QED) is 0.666. The van der Waals surface area contributed by atoms with Gasteiger partial charge < -0.3 is 0 Å². The number of aromatic nitrogens is 3. The maximum absolute atomic E-state index is 12.1. The number of benzene rings is 1. The lowest BCUT2D eigenvalue weighted by molar-refractivity contribution is 0.578. The van der Waals surface area contributed by atoms with E-state index in [2.05, 4.69) is 14.8 Å². The predicted molar refractivity (Wildman–Crippen MR) is 93.1 cm³/mol. The Labute approximate surface area is 141 Å². The summed E-state index contributed by atoms with van der Waals surface area (Å²) >= 11 is 0. The van der Waals surface area contributed by atoms with Crippen LogP contribution in [0.5, 0.6) is 0 Å². The largest absolute Gasteiger partial charge is 0.237 e. The molecule has 0 saturated heterocycles. The Balaban J connectivity index is 1.50. The van der Waals surface area contributed by atoms with Crippen LogP contribution in [0.4, 0.5) is 0 Å². The molecule has 0 spiro atoms. The summed E-state index contributed by atoms with van der Waals surface area (Å²) in [4.78, 5) is 4.35. The molecule has 0 amide bonds. The molecule has 0 aliphatic rings. The minimum absolute atomic E-state index is 0.00786. The Hall–Kier alpha value is -2.25. The molecule has 0 bridgehead atoms. The van der Waals surface area contributed by atoms with Crippen LogP contribution in [-0.4, -0.2) is 29.6 Å². The van der Waals surface area contributed by atoms with Gasteiger partial charge in [0, 0.05) is 25.0 Å². The molecule has 126 valence electrons. The Kier molecular flexibility index (Phi) is 4.92. The average Bonchev–Trinajstić information content (AvgIpc) is 2.91. The predicted octanol–water partition coefficient (Wildman–Crippen LogP) is 2.09. The maximum Gasteiger partial charge on any atom is 0.215 e. The lowest BCUT2D eigenvalue weighted by Gasteiger charge is -2.07. The summed E-state index contributed by atoms with van der Waals surface area (Å²) in [5.74, 6) is 0.00786. The van der Waals surface area contributed by atoms with E-state index in [0.717, 1.165) is 28.9 Å². The first-order chi connectivity index (χ1) is 11.5. The zero-order chi connectivity index (χ0) is 17.0. The van der Waals surface area contributed by atoms with Crippen LogP contribution in [-0.2, 0) is 22.2 Å². The zero-order valence-electron chi connectivity index (χ0n) is 13.5. The van der Waals surface area contributed by atoms with Crippen molar-refractivity contribution >= 4 is 15.7 Å². The Morgan fingerprint density at radius 3 is 2.75 bits per heavy atom. The van der Waals surface area contributed by atoms with Crippen molar-refractivity contribution in [2.24, 2.45) is 0 Å². The number of nitrogens with one attached hydrogen (secondary N) is 1. The highest BCUT2D eigenvalue weighted by atomic mass is 32.2. The lowest BCUT2D eigenvalue weighted by atomic mass is 10.2. The molecule has 1 aromatic carbocycles. The molecule has 0 fully saturated rings. The number of hydrogen-bond donors (Lipinski definition) is 1. The minimum Gasteiger partial charge on any atom is -0.237 e. The summed E-state index contributed by atoms with van der Waals surface area (Å²) in [6.07, 6.45) is 5.21. The molecule has 0 saturated carbocycles. The number of hydrogen-bond acceptors (Lipinski definition) is 4. The van der Waals surface area contributed by atoms with Crippen LogP contribution in [0.3, 0.4) is 0 Å². The maximum atomic E-state index is 12.1. The van der Waals surface area contributed by atoms with Crippen LogP contribution in [0.25, 0.3) is 5.65 Å². The van der Waals surface area contributed by atoms with Crippen LogP contribution < -0.4 is 4.72 Å². The van der Waals surface area contributed by atoms with Crippen LogP contribution in [0, 0.1) is 6.92 Å². The SMILES string of the molecule is Cc1cc2ncc(CCCNS(=O)(=O)Cc3ccccc3)cn2n1. The Bertz CT molecular complexity index is 920. The fraction of sp³-hybridized carbons (Fsp3) is 0.294. The molecule has 0 aliphatic carbocycles. The van der Waals surface area contributed by atoms with Gasteiger partial charge in [0.15, 0.2) is 5.65 Å². The molecule has 0 aliphatic heterocycles. The van der Waals surface area contributed by atoms with E-state index in [1.807, 2.05) is 55.7 Å². The second kappa shape index (κ2) is 7.11. The number of sulfonamides is 1. The second-order valence-electron chi connectivity index (χ2n) is 5.79. The van der Waals surface area contributed by atoms with E-state index in [-0.39, 0.29) is 5.75 Å². The van der Waals surface area contributed by atoms with E-state index >= 15 is 0 Å². The van der Waals surface area contributed by atoms with Gasteiger partial charge in [-0.3, -0.25) is 0 Å². The lowest BCUT2D eigenvalue weighted by Crippen LogP contribution is -2.26. The molecular weight excluding hydrogens is 324 g/mol. The highest BCUT2D eigenvalue weighted by Crippen LogP contribution is 2.07. The van der Waals surface area contributed by atoms with Gasteiger partial charge in [-0.15, -0.1) is 0 Å². The molecule has 2 aromatic heterocycles. The summed E-state index contributed by atoms with van der Waals surface area (Å²) in [5, 5.41) is 4.33. The summed E-state index contributed by atoms with van der Waals surface area (Å²) in [5.41, 5.74) is 3.56. The highest BCUT2D eigenvalue weighted by molar-refractivity contribution is 7.88. The van der Waals surface area contributed by atoms with Crippen molar-refractivity contribution in [3.05, 3.63) is 65.6 Å². The van der Waals surface area contributed by atoms with Crippen LogP contribution in [0.2, 0.25) is 0 Å². The van der Waals surface area contributed by atoms with Crippen molar-refractivity contribution in [1.82, 2.24) is 19.3 Å². The Morgan fingerprint density at radius 2 is 1.96 bits per heavy atom. The molecule has 7 heteroatoms. The third-order valence-corrected chi connectivity index (χ3v) is 5.01. The van der Waals surface area contributed by atoms with Crippen molar-refractivity contribution in [3.63, 3.8) is 0 Å². The van der Waals surface area contributed by atoms with Crippen LogP contribution in [0.15, 0.2) is 48.8 Å². The van der Waals surface area contributed by atoms with Gasteiger partial charge in [0.05, 0.1) is 11.4 Å². The summed E-state index contributed by atoms with van der Waals surface area (Å²) in [7, 11) is -3.30. The van der Waals surface area contributed by atoms with E-state index in [9.17, 15) is 8.42 Å². The molecule has 0 atom stereocenters. The van der Waals surface area contributed by atoms with Crippen molar-refractivity contribution in [2.45, 2.75) is 25.5 Å². The molecule has 2 heterocycles. The van der Waals surface area contributed by atoms with Crippen LogP contribution >= 0.6 is 0 Å². The molecule has 0 unspecified atom stereocenters. The molecule has 0 radical (unpaired) electrons. The van der Waals surface area contributed by atoms with Gasteiger partial charge >= 0.3 is 0 Å².